The molecule has 0 saturated carbocycles. The zero-order valence-corrected chi connectivity index (χ0v) is 14.3. The first-order valence-electron chi connectivity index (χ1n) is 7.18. The summed E-state index contributed by atoms with van der Waals surface area (Å²) in [4.78, 5) is 28.2. The lowest BCUT2D eigenvalue weighted by atomic mass is 10.1. The lowest BCUT2D eigenvalue weighted by molar-refractivity contribution is -0.123. The van der Waals surface area contributed by atoms with E-state index in [1.54, 1.807) is 30.3 Å². The van der Waals surface area contributed by atoms with E-state index in [-0.39, 0.29) is 0 Å². The number of esters is 1. The third kappa shape index (κ3) is 4.45. The quantitative estimate of drug-likeness (QED) is 0.839. The van der Waals surface area contributed by atoms with E-state index < -0.39 is 18.0 Å². The standard InChI is InChI=1S/C17H17ClN2O4/c1-10-4-5-12(8-14(10)23-3)17(22)24-11(2)16(21)20-15-7-6-13(18)9-19-15/h4-9,11H,1-3H3,(H,19,20,21)/t11-/m1/s1. The first kappa shape index (κ1) is 17.7. The summed E-state index contributed by atoms with van der Waals surface area (Å²) in [5.41, 5.74) is 1.20. The van der Waals surface area contributed by atoms with Crippen LogP contribution in [0.5, 0.6) is 5.75 Å². The summed E-state index contributed by atoms with van der Waals surface area (Å²) in [6.45, 7) is 3.34. The van der Waals surface area contributed by atoms with E-state index in [0.29, 0.717) is 22.2 Å². The summed E-state index contributed by atoms with van der Waals surface area (Å²) in [7, 11) is 1.52. The molecule has 0 spiro atoms. The number of benzene rings is 1. The molecule has 1 amide bonds. The van der Waals surface area contributed by atoms with Crippen LogP contribution in [0.3, 0.4) is 0 Å². The van der Waals surface area contributed by atoms with Crippen LogP contribution in [-0.4, -0.2) is 30.1 Å². The number of amides is 1. The average Bonchev–Trinajstić information content (AvgIpc) is 2.57. The molecule has 0 saturated heterocycles. The average molecular weight is 349 g/mol. The van der Waals surface area contributed by atoms with E-state index >= 15 is 0 Å². The third-order valence-corrected chi connectivity index (χ3v) is 3.50. The minimum Gasteiger partial charge on any atom is -0.496 e. The predicted octanol–water partition coefficient (Wildman–Crippen LogP) is 3.24. The Labute approximate surface area is 144 Å². The smallest absolute Gasteiger partial charge is 0.339 e. The highest BCUT2D eigenvalue weighted by Gasteiger charge is 2.20. The Morgan fingerprint density at radius 1 is 1.25 bits per heavy atom. The summed E-state index contributed by atoms with van der Waals surface area (Å²) >= 11 is 5.73. The number of halogens is 1. The summed E-state index contributed by atoms with van der Waals surface area (Å²) in [5.74, 6) is -0.200. The highest BCUT2D eigenvalue weighted by molar-refractivity contribution is 6.30. The number of hydrogen-bond donors (Lipinski definition) is 1. The molecule has 0 fully saturated rings. The van der Waals surface area contributed by atoms with Gasteiger partial charge in [0.05, 0.1) is 17.7 Å². The fraction of sp³-hybridized carbons (Fsp3) is 0.235. The molecule has 1 atom stereocenters. The number of ether oxygens (including phenoxy) is 2. The van der Waals surface area contributed by atoms with Crippen molar-refractivity contribution in [2.45, 2.75) is 20.0 Å². The zero-order chi connectivity index (χ0) is 17.7. The molecule has 6 nitrogen and oxygen atoms in total. The number of carbonyl (C=O) groups is 2. The van der Waals surface area contributed by atoms with Gasteiger partial charge in [-0.05, 0) is 43.7 Å². The highest BCUT2D eigenvalue weighted by Crippen LogP contribution is 2.20. The molecule has 126 valence electrons. The number of hydrogen-bond acceptors (Lipinski definition) is 5. The molecule has 0 aliphatic heterocycles. The van der Waals surface area contributed by atoms with Gasteiger partial charge in [-0.15, -0.1) is 0 Å². The Morgan fingerprint density at radius 3 is 2.62 bits per heavy atom. The minimum absolute atomic E-state index is 0.307. The molecule has 2 aromatic rings. The second kappa shape index (κ2) is 7.79. The van der Waals surface area contributed by atoms with Crippen LogP contribution in [0.15, 0.2) is 36.5 Å². The number of aromatic nitrogens is 1. The van der Waals surface area contributed by atoms with Crippen LogP contribution < -0.4 is 10.1 Å². The van der Waals surface area contributed by atoms with Gasteiger partial charge in [-0.25, -0.2) is 9.78 Å². The molecule has 1 N–H and O–H groups in total. The van der Waals surface area contributed by atoms with Gasteiger partial charge in [-0.2, -0.15) is 0 Å². The van der Waals surface area contributed by atoms with Crippen LogP contribution in [0.2, 0.25) is 5.02 Å². The molecule has 0 unspecified atom stereocenters. The zero-order valence-electron chi connectivity index (χ0n) is 13.5. The van der Waals surface area contributed by atoms with E-state index in [1.807, 2.05) is 6.92 Å². The Bertz CT molecular complexity index is 747. The van der Waals surface area contributed by atoms with Gasteiger partial charge in [0.1, 0.15) is 11.6 Å². The van der Waals surface area contributed by atoms with Crippen molar-refractivity contribution in [3.8, 4) is 5.75 Å². The van der Waals surface area contributed by atoms with Gasteiger partial charge in [-0.3, -0.25) is 4.79 Å². The van der Waals surface area contributed by atoms with Crippen molar-refractivity contribution >= 4 is 29.3 Å². The summed E-state index contributed by atoms with van der Waals surface area (Å²) < 4.78 is 10.3. The van der Waals surface area contributed by atoms with E-state index in [4.69, 9.17) is 21.1 Å². The first-order chi connectivity index (χ1) is 11.4. The molecule has 1 aromatic carbocycles. The van der Waals surface area contributed by atoms with Crippen molar-refractivity contribution in [2.75, 3.05) is 12.4 Å². The predicted molar refractivity (Wildman–Crippen MR) is 90.5 cm³/mol. The van der Waals surface area contributed by atoms with Gasteiger partial charge in [0.25, 0.3) is 5.91 Å². The molecule has 0 bridgehead atoms. The topological polar surface area (TPSA) is 77.5 Å². The van der Waals surface area contributed by atoms with Crippen molar-refractivity contribution in [3.05, 3.63) is 52.7 Å². The normalized spacial score (nSPS) is 11.5. The Morgan fingerprint density at radius 2 is 2.00 bits per heavy atom. The Balaban J connectivity index is 2.00. The number of nitrogens with one attached hydrogen (secondary N) is 1. The molecule has 0 radical (unpaired) electrons. The molecule has 7 heteroatoms. The molecular formula is C17H17ClN2O4. The maximum absolute atomic E-state index is 12.1. The molecule has 2 rings (SSSR count). The maximum atomic E-state index is 12.1. The van der Waals surface area contributed by atoms with E-state index in [9.17, 15) is 9.59 Å². The number of rotatable bonds is 5. The van der Waals surface area contributed by atoms with Gasteiger partial charge >= 0.3 is 5.97 Å². The van der Waals surface area contributed by atoms with Crippen LogP contribution in [0.4, 0.5) is 5.82 Å². The molecule has 0 aliphatic carbocycles. The Kier molecular flexibility index (Phi) is 5.76. The summed E-state index contributed by atoms with van der Waals surface area (Å²) in [6, 6.07) is 8.09. The molecule has 0 aliphatic rings. The molecule has 1 aromatic heterocycles. The third-order valence-electron chi connectivity index (χ3n) is 3.28. The van der Waals surface area contributed by atoms with Crippen LogP contribution in [-0.2, 0) is 9.53 Å². The second-order valence-electron chi connectivity index (χ2n) is 5.08. The molecule has 24 heavy (non-hydrogen) atoms. The van der Waals surface area contributed by atoms with Gasteiger partial charge in [0.15, 0.2) is 6.10 Å². The van der Waals surface area contributed by atoms with Crippen LogP contribution in [0, 0.1) is 6.92 Å². The second-order valence-corrected chi connectivity index (χ2v) is 5.52. The number of pyridine rings is 1. The number of carbonyl (C=O) groups excluding carboxylic acids is 2. The largest absolute Gasteiger partial charge is 0.496 e. The lowest BCUT2D eigenvalue weighted by Crippen LogP contribution is -2.30. The van der Waals surface area contributed by atoms with Gasteiger partial charge in [0.2, 0.25) is 0 Å². The van der Waals surface area contributed by atoms with E-state index in [1.165, 1.54) is 20.2 Å². The number of anilines is 1. The maximum Gasteiger partial charge on any atom is 0.339 e. The monoisotopic (exact) mass is 348 g/mol. The van der Waals surface area contributed by atoms with Crippen LogP contribution in [0.1, 0.15) is 22.8 Å². The Hall–Kier alpha value is -2.60. The highest BCUT2D eigenvalue weighted by atomic mass is 35.5. The van der Waals surface area contributed by atoms with Crippen molar-refractivity contribution in [3.63, 3.8) is 0 Å². The fourth-order valence-electron chi connectivity index (χ4n) is 1.91. The number of methoxy groups -OCH3 is 1. The van der Waals surface area contributed by atoms with Crippen LogP contribution in [0.25, 0.3) is 0 Å². The van der Waals surface area contributed by atoms with Crippen molar-refractivity contribution in [1.82, 2.24) is 4.98 Å². The number of aryl methyl sites for hydroxylation is 1. The molecule has 1 heterocycles. The van der Waals surface area contributed by atoms with E-state index in [0.717, 1.165) is 5.56 Å². The number of nitrogens with zero attached hydrogens (tertiary/aromatic N) is 1. The van der Waals surface area contributed by atoms with Crippen molar-refractivity contribution in [1.29, 1.82) is 0 Å². The summed E-state index contributed by atoms with van der Waals surface area (Å²) in [5, 5.41) is 3.01. The van der Waals surface area contributed by atoms with Gasteiger partial charge < -0.3 is 14.8 Å². The van der Waals surface area contributed by atoms with E-state index in [2.05, 4.69) is 10.3 Å². The van der Waals surface area contributed by atoms with Crippen molar-refractivity contribution < 1.29 is 19.1 Å². The van der Waals surface area contributed by atoms with Crippen LogP contribution >= 0.6 is 11.6 Å². The van der Waals surface area contributed by atoms with Gasteiger partial charge in [-0.1, -0.05) is 17.7 Å². The van der Waals surface area contributed by atoms with Crippen molar-refractivity contribution in [2.24, 2.45) is 0 Å². The molecular weight excluding hydrogens is 332 g/mol. The first-order valence-corrected chi connectivity index (χ1v) is 7.56. The lowest BCUT2D eigenvalue weighted by Gasteiger charge is -2.14. The fourth-order valence-corrected chi connectivity index (χ4v) is 2.02. The van der Waals surface area contributed by atoms with Gasteiger partial charge in [0, 0.05) is 6.20 Å². The minimum atomic E-state index is -0.984. The SMILES string of the molecule is COc1cc(C(=O)O[C@H](C)C(=O)Nc2ccc(Cl)cn2)ccc1C. The summed E-state index contributed by atoms with van der Waals surface area (Å²) in [6.07, 6.45) is 0.425.